The highest BCUT2D eigenvalue weighted by molar-refractivity contribution is 6.30. The molecule has 1 rings (SSSR count). The van der Waals surface area contributed by atoms with Gasteiger partial charge in [-0.15, -0.1) is 0 Å². The number of carbonyl (C=O) groups excluding carboxylic acids is 1. The van der Waals surface area contributed by atoms with Crippen molar-refractivity contribution >= 4 is 23.3 Å². The molecular formula is C11H17ClN4O. The summed E-state index contributed by atoms with van der Waals surface area (Å²) in [6.45, 7) is 7.64. The highest BCUT2D eigenvalue weighted by atomic mass is 35.5. The number of nitrogens with zero attached hydrogens (tertiary/aromatic N) is 3. The minimum atomic E-state index is -0.398. The van der Waals surface area contributed by atoms with Crippen LogP contribution in [0.5, 0.6) is 0 Å². The summed E-state index contributed by atoms with van der Waals surface area (Å²) in [6, 6.07) is 0.103. The zero-order chi connectivity index (χ0) is 13.2. The molecule has 6 heteroatoms. The van der Waals surface area contributed by atoms with Crippen LogP contribution in [0.2, 0.25) is 5.15 Å². The van der Waals surface area contributed by atoms with Gasteiger partial charge in [-0.1, -0.05) is 11.6 Å². The first kappa shape index (κ1) is 13.7. The predicted molar refractivity (Wildman–Crippen MR) is 68.2 cm³/mol. The van der Waals surface area contributed by atoms with E-state index < -0.39 is 5.91 Å². The number of primary amides is 1. The lowest BCUT2D eigenvalue weighted by molar-refractivity contribution is -0.116. The van der Waals surface area contributed by atoms with Gasteiger partial charge in [-0.3, -0.25) is 4.79 Å². The van der Waals surface area contributed by atoms with Gasteiger partial charge in [-0.25, -0.2) is 9.97 Å². The molecule has 1 aromatic rings. The van der Waals surface area contributed by atoms with Crippen molar-refractivity contribution < 1.29 is 4.79 Å². The van der Waals surface area contributed by atoms with Gasteiger partial charge in [0.25, 0.3) is 0 Å². The zero-order valence-corrected chi connectivity index (χ0v) is 11.2. The summed E-state index contributed by atoms with van der Waals surface area (Å²) >= 11 is 6.01. The van der Waals surface area contributed by atoms with Gasteiger partial charge in [0.15, 0.2) is 0 Å². The number of amides is 1. The normalized spacial score (nSPS) is 10.7. The largest absolute Gasteiger partial charge is 0.368 e. The van der Waals surface area contributed by atoms with E-state index in [0.717, 1.165) is 5.56 Å². The monoisotopic (exact) mass is 256 g/mol. The van der Waals surface area contributed by atoms with Crippen molar-refractivity contribution in [1.82, 2.24) is 9.97 Å². The van der Waals surface area contributed by atoms with E-state index in [4.69, 9.17) is 17.3 Å². The van der Waals surface area contributed by atoms with Gasteiger partial charge < -0.3 is 10.6 Å². The van der Waals surface area contributed by atoms with Gasteiger partial charge in [-0.2, -0.15) is 0 Å². The Bertz CT molecular complexity index is 434. The predicted octanol–water partition coefficient (Wildman–Crippen LogP) is 1.45. The fourth-order valence-electron chi connectivity index (χ4n) is 1.53. The third-order valence-electron chi connectivity index (χ3n) is 2.39. The molecule has 94 valence electrons. The van der Waals surface area contributed by atoms with E-state index in [-0.39, 0.29) is 12.6 Å². The summed E-state index contributed by atoms with van der Waals surface area (Å²) in [5.74, 6) is 0.840. The van der Waals surface area contributed by atoms with Gasteiger partial charge in [-0.05, 0) is 27.7 Å². The molecule has 0 aliphatic heterocycles. The highest BCUT2D eigenvalue weighted by Crippen LogP contribution is 2.24. The fourth-order valence-corrected chi connectivity index (χ4v) is 1.74. The summed E-state index contributed by atoms with van der Waals surface area (Å²) in [4.78, 5) is 21.3. The summed E-state index contributed by atoms with van der Waals surface area (Å²) in [7, 11) is 0. The van der Waals surface area contributed by atoms with E-state index in [1.807, 2.05) is 25.7 Å². The zero-order valence-electron chi connectivity index (χ0n) is 10.5. The van der Waals surface area contributed by atoms with Gasteiger partial charge in [0.05, 0.1) is 6.54 Å². The van der Waals surface area contributed by atoms with Crippen molar-refractivity contribution in [3.63, 3.8) is 0 Å². The standard InChI is InChI=1S/C11H17ClN4O/c1-6(2)16(5-9(13)17)11-7(3)10(12)14-8(4)15-11/h6H,5H2,1-4H3,(H2,13,17). The second kappa shape index (κ2) is 5.31. The molecule has 1 heterocycles. The first-order valence-corrected chi connectivity index (χ1v) is 5.76. The lowest BCUT2D eigenvalue weighted by Gasteiger charge is -2.28. The average molecular weight is 257 g/mol. The molecule has 5 nitrogen and oxygen atoms in total. The van der Waals surface area contributed by atoms with Gasteiger partial charge in [0.2, 0.25) is 5.91 Å². The maximum Gasteiger partial charge on any atom is 0.237 e. The van der Waals surface area contributed by atoms with Crippen LogP contribution in [0.15, 0.2) is 0 Å². The van der Waals surface area contributed by atoms with E-state index in [2.05, 4.69) is 9.97 Å². The number of aromatic nitrogens is 2. The van der Waals surface area contributed by atoms with Gasteiger partial charge in [0.1, 0.15) is 16.8 Å². The second-order valence-electron chi connectivity index (χ2n) is 4.20. The number of carbonyl (C=O) groups is 1. The van der Waals surface area contributed by atoms with Crippen LogP contribution in [-0.4, -0.2) is 28.5 Å². The van der Waals surface area contributed by atoms with Crippen LogP contribution in [0.25, 0.3) is 0 Å². The molecular weight excluding hydrogens is 240 g/mol. The third kappa shape index (κ3) is 3.30. The number of aryl methyl sites for hydroxylation is 1. The van der Waals surface area contributed by atoms with E-state index >= 15 is 0 Å². The van der Waals surface area contributed by atoms with Crippen LogP contribution < -0.4 is 10.6 Å². The van der Waals surface area contributed by atoms with Crippen LogP contribution >= 0.6 is 11.6 Å². The van der Waals surface area contributed by atoms with Crippen LogP contribution in [0.3, 0.4) is 0 Å². The van der Waals surface area contributed by atoms with E-state index in [0.29, 0.717) is 16.8 Å². The van der Waals surface area contributed by atoms with Crippen LogP contribution in [0, 0.1) is 13.8 Å². The molecule has 0 aliphatic rings. The molecule has 1 aromatic heterocycles. The van der Waals surface area contributed by atoms with Gasteiger partial charge >= 0.3 is 0 Å². The number of anilines is 1. The van der Waals surface area contributed by atoms with E-state index in [1.165, 1.54) is 0 Å². The summed E-state index contributed by atoms with van der Waals surface area (Å²) in [6.07, 6.45) is 0. The van der Waals surface area contributed by atoms with Crippen molar-refractivity contribution in [1.29, 1.82) is 0 Å². The molecule has 0 saturated heterocycles. The van der Waals surface area contributed by atoms with Crippen molar-refractivity contribution in [3.05, 3.63) is 16.5 Å². The molecule has 17 heavy (non-hydrogen) atoms. The topological polar surface area (TPSA) is 72.1 Å². The maximum absolute atomic E-state index is 11.1. The minimum absolute atomic E-state index is 0.103. The Hall–Kier alpha value is -1.36. The molecule has 0 unspecified atom stereocenters. The van der Waals surface area contributed by atoms with E-state index in [9.17, 15) is 4.79 Å². The second-order valence-corrected chi connectivity index (χ2v) is 4.56. The first-order valence-electron chi connectivity index (χ1n) is 5.38. The molecule has 0 radical (unpaired) electrons. The Morgan fingerprint density at radius 1 is 1.41 bits per heavy atom. The summed E-state index contributed by atoms with van der Waals surface area (Å²) in [5.41, 5.74) is 5.99. The lowest BCUT2D eigenvalue weighted by Crippen LogP contribution is -2.39. The molecule has 1 amide bonds. The average Bonchev–Trinajstić information content (AvgIpc) is 2.19. The number of hydrogen-bond donors (Lipinski definition) is 1. The Kier molecular flexibility index (Phi) is 4.28. The quantitative estimate of drug-likeness (QED) is 0.828. The highest BCUT2D eigenvalue weighted by Gasteiger charge is 2.19. The van der Waals surface area contributed by atoms with Crippen LogP contribution in [0.1, 0.15) is 25.2 Å². The van der Waals surface area contributed by atoms with Crippen molar-refractivity contribution in [2.75, 3.05) is 11.4 Å². The number of halogens is 1. The molecule has 0 bridgehead atoms. The fraction of sp³-hybridized carbons (Fsp3) is 0.545. The van der Waals surface area contributed by atoms with Crippen LogP contribution in [0.4, 0.5) is 5.82 Å². The smallest absolute Gasteiger partial charge is 0.237 e. The molecule has 0 saturated carbocycles. The lowest BCUT2D eigenvalue weighted by atomic mass is 10.2. The molecule has 0 spiro atoms. The van der Waals surface area contributed by atoms with E-state index in [1.54, 1.807) is 6.92 Å². The number of hydrogen-bond acceptors (Lipinski definition) is 4. The van der Waals surface area contributed by atoms with Crippen molar-refractivity contribution in [2.24, 2.45) is 5.73 Å². The molecule has 0 aromatic carbocycles. The number of rotatable bonds is 4. The van der Waals surface area contributed by atoms with Gasteiger partial charge in [0, 0.05) is 11.6 Å². The third-order valence-corrected chi connectivity index (χ3v) is 2.76. The molecule has 0 fully saturated rings. The Morgan fingerprint density at radius 3 is 2.47 bits per heavy atom. The van der Waals surface area contributed by atoms with Crippen LogP contribution in [-0.2, 0) is 4.79 Å². The summed E-state index contributed by atoms with van der Waals surface area (Å²) < 4.78 is 0. The minimum Gasteiger partial charge on any atom is -0.368 e. The molecule has 2 N–H and O–H groups in total. The molecule has 0 atom stereocenters. The Morgan fingerprint density at radius 2 is 2.00 bits per heavy atom. The number of nitrogens with two attached hydrogens (primary N) is 1. The molecule has 0 aliphatic carbocycles. The SMILES string of the molecule is Cc1nc(Cl)c(C)c(N(CC(N)=O)C(C)C)n1. The van der Waals surface area contributed by atoms with Crippen molar-refractivity contribution in [3.8, 4) is 0 Å². The Labute approximate surface area is 106 Å². The first-order chi connectivity index (χ1) is 7.82. The maximum atomic E-state index is 11.1. The summed E-state index contributed by atoms with van der Waals surface area (Å²) in [5, 5.41) is 0.405. The Balaban J connectivity index is 3.22. The van der Waals surface area contributed by atoms with Crippen molar-refractivity contribution in [2.45, 2.75) is 33.7 Å².